The molecule has 0 aromatic carbocycles. The fraction of sp³-hybridized carbons (Fsp3) is 0.923. The fourth-order valence-electron chi connectivity index (χ4n) is 4.79. The first kappa shape index (κ1) is 23.8. The van der Waals surface area contributed by atoms with E-state index < -0.39 is 0 Å². The summed E-state index contributed by atoms with van der Waals surface area (Å²) in [5, 5.41) is 0. The van der Waals surface area contributed by atoms with Crippen molar-refractivity contribution in [1.29, 1.82) is 0 Å². The van der Waals surface area contributed by atoms with Crippen LogP contribution in [0.5, 0.6) is 0 Å². The van der Waals surface area contributed by atoms with Crippen LogP contribution in [0.2, 0.25) is 0 Å². The van der Waals surface area contributed by atoms with E-state index in [9.17, 15) is 0 Å². The van der Waals surface area contributed by atoms with Crippen molar-refractivity contribution in [2.45, 2.75) is 130 Å². The maximum atomic E-state index is 2.56. The second-order valence-corrected chi connectivity index (χ2v) is 9.24. The monoisotopic (exact) mass is 362 g/mol. The predicted molar refractivity (Wildman–Crippen MR) is 120 cm³/mol. The molecule has 0 spiro atoms. The SMILES string of the molecule is CCCCCCCC(CC)C(CC=CCC1CCC1C)CCCCCC. The van der Waals surface area contributed by atoms with Gasteiger partial charge in [0.1, 0.15) is 0 Å². The van der Waals surface area contributed by atoms with Gasteiger partial charge < -0.3 is 0 Å². The van der Waals surface area contributed by atoms with Gasteiger partial charge in [-0.1, -0.05) is 117 Å². The van der Waals surface area contributed by atoms with Gasteiger partial charge in [0.05, 0.1) is 0 Å². The molecule has 4 unspecified atom stereocenters. The summed E-state index contributed by atoms with van der Waals surface area (Å²) in [4.78, 5) is 0. The zero-order valence-corrected chi connectivity index (χ0v) is 18.8. The van der Waals surface area contributed by atoms with Crippen molar-refractivity contribution < 1.29 is 0 Å². The van der Waals surface area contributed by atoms with Gasteiger partial charge in [-0.15, -0.1) is 0 Å². The van der Waals surface area contributed by atoms with Gasteiger partial charge in [-0.3, -0.25) is 0 Å². The van der Waals surface area contributed by atoms with Crippen LogP contribution in [0.25, 0.3) is 0 Å². The number of hydrogen-bond donors (Lipinski definition) is 0. The van der Waals surface area contributed by atoms with Crippen LogP contribution in [-0.2, 0) is 0 Å². The molecule has 0 aliphatic heterocycles. The van der Waals surface area contributed by atoms with Gasteiger partial charge in [0.15, 0.2) is 0 Å². The van der Waals surface area contributed by atoms with E-state index in [0.29, 0.717) is 0 Å². The normalized spacial score (nSPS) is 22.5. The molecule has 0 aromatic heterocycles. The molecule has 0 bridgehead atoms. The Balaban J connectivity index is 2.38. The van der Waals surface area contributed by atoms with Crippen LogP contribution < -0.4 is 0 Å². The number of rotatable bonds is 17. The molecule has 0 heteroatoms. The summed E-state index contributed by atoms with van der Waals surface area (Å²) in [6.45, 7) is 9.52. The molecule has 0 heterocycles. The number of allylic oxidation sites excluding steroid dienone is 2. The van der Waals surface area contributed by atoms with E-state index >= 15 is 0 Å². The van der Waals surface area contributed by atoms with Gasteiger partial charge in [-0.2, -0.15) is 0 Å². The van der Waals surface area contributed by atoms with Crippen molar-refractivity contribution in [3.05, 3.63) is 12.2 Å². The minimum atomic E-state index is 0.943. The summed E-state index contributed by atoms with van der Waals surface area (Å²) >= 11 is 0. The summed E-state index contributed by atoms with van der Waals surface area (Å²) < 4.78 is 0. The van der Waals surface area contributed by atoms with Gasteiger partial charge in [0.25, 0.3) is 0 Å². The smallest absolute Gasteiger partial charge is 0.0320 e. The minimum absolute atomic E-state index is 0.943. The molecular weight excluding hydrogens is 312 g/mol. The van der Waals surface area contributed by atoms with E-state index in [0.717, 1.165) is 23.7 Å². The van der Waals surface area contributed by atoms with Crippen molar-refractivity contribution in [3.8, 4) is 0 Å². The first-order valence-corrected chi connectivity index (χ1v) is 12.4. The highest BCUT2D eigenvalue weighted by atomic mass is 14.3. The standard InChI is InChI=1S/C26H50/c1-5-8-10-12-14-17-24(7-3)26(19-13-11-9-6-2)20-16-15-18-25-22-21-23(25)4/h15-16,23-26H,5-14,17-22H2,1-4H3. The van der Waals surface area contributed by atoms with E-state index in [2.05, 4.69) is 39.8 Å². The van der Waals surface area contributed by atoms with Crippen molar-refractivity contribution >= 4 is 0 Å². The molecule has 0 radical (unpaired) electrons. The third kappa shape index (κ3) is 10.2. The Hall–Kier alpha value is -0.260. The number of hydrogen-bond acceptors (Lipinski definition) is 0. The first-order valence-electron chi connectivity index (χ1n) is 12.4. The quantitative estimate of drug-likeness (QED) is 0.178. The zero-order chi connectivity index (χ0) is 19.0. The second kappa shape index (κ2) is 15.8. The Bertz CT molecular complexity index is 329. The maximum absolute atomic E-state index is 2.56. The Labute approximate surface area is 166 Å². The van der Waals surface area contributed by atoms with Gasteiger partial charge >= 0.3 is 0 Å². The summed E-state index contributed by atoms with van der Waals surface area (Å²) in [6.07, 6.45) is 27.9. The lowest BCUT2D eigenvalue weighted by Gasteiger charge is -2.33. The molecule has 0 N–H and O–H groups in total. The van der Waals surface area contributed by atoms with Crippen LogP contribution in [0.3, 0.4) is 0 Å². The van der Waals surface area contributed by atoms with E-state index in [-0.39, 0.29) is 0 Å². The number of unbranched alkanes of at least 4 members (excludes halogenated alkanes) is 7. The highest BCUT2D eigenvalue weighted by molar-refractivity contribution is 4.91. The molecule has 0 nitrogen and oxygen atoms in total. The van der Waals surface area contributed by atoms with Crippen molar-refractivity contribution in [1.82, 2.24) is 0 Å². The highest BCUT2D eigenvalue weighted by Crippen LogP contribution is 2.36. The molecule has 1 aliphatic carbocycles. The molecule has 154 valence electrons. The highest BCUT2D eigenvalue weighted by Gasteiger charge is 2.25. The summed E-state index contributed by atoms with van der Waals surface area (Å²) in [5.41, 5.74) is 0. The fourth-order valence-corrected chi connectivity index (χ4v) is 4.79. The average molecular weight is 363 g/mol. The first-order chi connectivity index (χ1) is 12.7. The lowest BCUT2D eigenvalue weighted by molar-refractivity contribution is 0.199. The lowest BCUT2D eigenvalue weighted by Crippen LogP contribution is -2.21. The molecule has 0 aromatic rings. The summed E-state index contributed by atoms with van der Waals surface area (Å²) in [5.74, 6) is 3.88. The molecule has 26 heavy (non-hydrogen) atoms. The van der Waals surface area contributed by atoms with Crippen LogP contribution in [0, 0.1) is 23.7 Å². The summed E-state index contributed by atoms with van der Waals surface area (Å²) in [6, 6.07) is 0. The molecule has 4 atom stereocenters. The van der Waals surface area contributed by atoms with E-state index in [4.69, 9.17) is 0 Å². The van der Waals surface area contributed by atoms with Gasteiger partial charge in [-0.25, -0.2) is 0 Å². The Kier molecular flexibility index (Phi) is 14.4. The van der Waals surface area contributed by atoms with E-state index in [1.54, 1.807) is 0 Å². The molecule has 1 rings (SSSR count). The topological polar surface area (TPSA) is 0 Å². The van der Waals surface area contributed by atoms with Crippen LogP contribution in [0.15, 0.2) is 12.2 Å². The average Bonchev–Trinajstić information content (AvgIpc) is 2.65. The lowest BCUT2D eigenvalue weighted by atomic mass is 9.73. The van der Waals surface area contributed by atoms with Crippen LogP contribution in [0.4, 0.5) is 0 Å². The Morgan fingerprint density at radius 2 is 1.35 bits per heavy atom. The molecule has 0 saturated heterocycles. The Morgan fingerprint density at radius 3 is 1.88 bits per heavy atom. The second-order valence-electron chi connectivity index (χ2n) is 9.24. The van der Waals surface area contributed by atoms with Gasteiger partial charge in [0, 0.05) is 0 Å². The Morgan fingerprint density at radius 1 is 0.731 bits per heavy atom. The molecular formula is C26H50. The van der Waals surface area contributed by atoms with Crippen molar-refractivity contribution in [2.75, 3.05) is 0 Å². The van der Waals surface area contributed by atoms with Crippen molar-refractivity contribution in [2.24, 2.45) is 23.7 Å². The molecule has 1 fully saturated rings. The third-order valence-electron chi connectivity index (χ3n) is 7.14. The maximum Gasteiger partial charge on any atom is -0.0320 e. The zero-order valence-electron chi connectivity index (χ0n) is 18.8. The van der Waals surface area contributed by atoms with Crippen LogP contribution >= 0.6 is 0 Å². The minimum Gasteiger partial charge on any atom is -0.0882 e. The molecule has 1 saturated carbocycles. The van der Waals surface area contributed by atoms with Crippen LogP contribution in [0.1, 0.15) is 130 Å². The van der Waals surface area contributed by atoms with Crippen LogP contribution in [-0.4, -0.2) is 0 Å². The molecule has 1 aliphatic rings. The van der Waals surface area contributed by atoms with E-state index in [1.807, 2.05) is 0 Å². The van der Waals surface area contributed by atoms with Crippen molar-refractivity contribution in [3.63, 3.8) is 0 Å². The summed E-state index contributed by atoms with van der Waals surface area (Å²) in [7, 11) is 0. The van der Waals surface area contributed by atoms with Gasteiger partial charge in [-0.05, 0) is 49.4 Å². The third-order valence-corrected chi connectivity index (χ3v) is 7.14. The van der Waals surface area contributed by atoms with Gasteiger partial charge in [0.2, 0.25) is 0 Å². The van der Waals surface area contributed by atoms with E-state index in [1.165, 1.54) is 103 Å². The predicted octanol–water partition coefficient (Wildman–Crippen LogP) is 9.34. The largest absolute Gasteiger partial charge is 0.0882 e. The molecule has 0 amide bonds.